The second kappa shape index (κ2) is 15.1. The number of carbonyl (C=O) groups excluding carboxylic acids is 2. The lowest BCUT2D eigenvalue weighted by molar-refractivity contribution is -0.128. The molecule has 3 aromatic rings. The highest BCUT2D eigenvalue weighted by atomic mass is 16.5. The zero-order valence-corrected chi connectivity index (χ0v) is 21.5. The van der Waals surface area contributed by atoms with Gasteiger partial charge in [0.05, 0.1) is 13.7 Å². The van der Waals surface area contributed by atoms with Crippen molar-refractivity contribution in [2.24, 2.45) is 0 Å². The van der Waals surface area contributed by atoms with Gasteiger partial charge >= 0.3 is 5.97 Å². The quantitative estimate of drug-likeness (QED) is 0.0754. The summed E-state index contributed by atoms with van der Waals surface area (Å²) in [6.07, 6.45) is 12.3. The standard InChI is InChI=1S/C32H34O5/c1-3-4-5-6-7-23-36-29-19-13-25(14-20-29)15-21-31(33)27-9-8-10-30(24-27)37-32(34)22-16-26-11-17-28(35-2)18-12-26/h8-22,24H,3-7,23H2,1-2H3/b21-15+,22-16+. The molecular formula is C32H34O5. The van der Waals surface area contributed by atoms with E-state index in [1.54, 1.807) is 43.5 Å². The molecule has 0 radical (unpaired) electrons. The zero-order valence-electron chi connectivity index (χ0n) is 21.5. The number of allylic oxidation sites excluding steroid dienone is 1. The van der Waals surface area contributed by atoms with E-state index in [-0.39, 0.29) is 5.78 Å². The fourth-order valence-corrected chi connectivity index (χ4v) is 3.58. The second-order valence-corrected chi connectivity index (χ2v) is 8.58. The molecule has 3 rings (SSSR count). The number of hydrogen-bond acceptors (Lipinski definition) is 5. The largest absolute Gasteiger partial charge is 0.497 e. The van der Waals surface area contributed by atoms with Crippen LogP contribution in [-0.2, 0) is 4.79 Å². The van der Waals surface area contributed by atoms with Crippen molar-refractivity contribution in [3.8, 4) is 17.2 Å². The van der Waals surface area contributed by atoms with Crippen molar-refractivity contribution in [3.63, 3.8) is 0 Å². The van der Waals surface area contributed by atoms with Crippen LogP contribution >= 0.6 is 0 Å². The Morgan fingerprint density at radius 1 is 0.730 bits per heavy atom. The topological polar surface area (TPSA) is 61.8 Å². The average Bonchev–Trinajstić information content (AvgIpc) is 2.93. The van der Waals surface area contributed by atoms with Gasteiger partial charge in [0.2, 0.25) is 0 Å². The first-order valence-electron chi connectivity index (χ1n) is 12.7. The summed E-state index contributed by atoms with van der Waals surface area (Å²) in [7, 11) is 1.60. The lowest BCUT2D eigenvalue weighted by atomic mass is 10.1. The van der Waals surface area contributed by atoms with Crippen LogP contribution in [-0.4, -0.2) is 25.5 Å². The van der Waals surface area contributed by atoms with Crippen LogP contribution in [0.25, 0.3) is 12.2 Å². The van der Waals surface area contributed by atoms with Gasteiger partial charge in [0.1, 0.15) is 17.2 Å². The maximum atomic E-state index is 12.7. The van der Waals surface area contributed by atoms with Crippen molar-refractivity contribution in [2.45, 2.75) is 39.0 Å². The molecule has 0 N–H and O–H groups in total. The van der Waals surface area contributed by atoms with E-state index in [0.717, 1.165) is 35.7 Å². The smallest absolute Gasteiger partial charge is 0.336 e. The Morgan fingerprint density at radius 3 is 2.05 bits per heavy atom. The third kappa shape index (κ3) is 9.80. The lowest BCUT2D eigenvalue weighted by Crippen LogP contribution is -2.04. The molecule has 0 spiro atoms. The van der Waals surface area contributed by atoms with E-state index < -0.39 is 5.97 Å². The van der Waals surface area contributed by atoms with E-state index in [1.165, 1.54) is 37.8 Å². The number of benzene rings is 3. The molecule has 37 heavy (non-hydrogen) atoms. The van der Waals surface area contributed by atoms with Crippen LogP contribution in [0.2, 0.25) is 0 Å². The lowest BCUT2D eigenvalue weighted by Gasteiger charge is -2.06. The minimum absolute atomic E-state index is 0.181. The van der Waals surface area contributed by atoms with Gasteiger partial charge in [-0.3, -0.25) is 4.79 Å². The summed E-state index contributed by atoms with van der Waals surface area (Å²) in [5.41, 5.74) is 2.17. The molecule has 192 valence electrons. The summed E-state index contributed by atoms with van der Waals surface area (Å²) in [6.45, 7) is 2.93. The van der Waals surface area contributed by atoms with Gasteiger partial charge in [0, 0.05) is 11.6 Å². The van der Waals surface area contributed by atoms with Crippen LogP contribution in [0.5, 0.6) is 17.2 Å². The monoisotopic (exact) mass is 498 g/mol. The Balaban J connectivity index is 1.49. The molecule has 0 amide bonds. The number of esters is 1. The molecule has 0 fully saturated rings. The molecule has 0 bridgehead atoms. The van der Waals surface area contributed by atoms with Crippen molar-refractivity contribution in [2.75, 3.05) is 13.7 Å². The molecule has 0 aliphatic carbocycles. The number of ketones is 1. The van der Waals surface area contributed by atoms with Gasteiger partial charge in [0.15, 0.2) is 5.78 Å². The van der Waals surface area contributed by atoms with Crippen LogP contribution < -0.4 is 14.2 Å². The van der Waals surface area contributed by atoms with Gasteiger partial charge in [-0.1, -0.05) is 75.1 Å². The molecule has 0 aromatic heterocycles. The zero-order chi connectivity index (χ0) is 26.3. The molecule has 5 nitrogen and oxygen atoms in total. The second-order valence-electron chi connectivity index (χ2n) is 8.58. The number of ether oxygens (including phenoxy) is 3. The van der Waals surface area contributed by atoms with E-state index in [4.69, 9.17) is 14.2 Å². The number of methoxy groups -OCH3 is 1. The molecule has 0 aliphatic heterocycles. The highest BCUT2D eigenvalue weighted by Gasteiger charge is 2.06. The summed E-state index contributed by atoms with van der Waals surface area (Å²) < 4.78 is 16.3. The maximum Gasteiger partial charge on any atom is 0.336 e. The number of carbonyl (C=O) groups is 2. The summed E-state index contributed by atoms with van der Waals surface area (Å²) in [5, 5.41) is 0. The maximum absolute atomic E-state index is 12.7. The Bertz CT molecular complexity index is 1190. The first kappa shape index (κ1) is 27.5. The molecule has 0 aliphatic rings. The Kier molecular flexibility index (Phi) is 11.2. The SMILES string of the molecule is CCCCCCCOc1ccc(/C=C/C(=O)c2cccc(OC(=O)/C=C/c3ccc(OC)cc3)c2)cc1. The van der Waals surface area contributed by atoms with E-state index in [9.17, 15) is 9.59 Å². The summed E-state index contributed by atoms with van der Waals surface area (Å²) in [6, 6.07) is 21.5. The van der Waals surface area contributed by atoms with Crippen LogP contribution in [0.1, 0.15) is 60.5 Å². The fraction of sp³-hybridized carbons (Fsp3) is 0.250. The van der Waals surface area contributed by atoms with Gasteiger partial charge < -0.3 is 14.2 Å². The van der Waals surface area contributed by atoms with Crippen LogP contribution in [0, 0.1) is 0 Å². The number of unbranched alkanes of at least 4 members (excludes halogenated alkanes) is 4. The van der Waals surface area contributed by atoms with Crippen LogP contribution in [0.4, 0.5) is 0 Å². The van der Waals surface area contributed by atoms with E-state index in [1.807, 2.05) is 48.5 Å². The Morgan fingerprint density at radius 2 is 1.38 bits per heavy atom. The normalized spacial score (nSPS) is 11.1. The van der Waals surface area contributed by atoms with Crippen LogP contribution in [0.3, 0.4) is 0 Å². The predicted molar refractivity (Wildman–Crippen MR) is 148 cm³/mol. The van der Waals surface area contributed by atoms with Crippen molar-refractivity contribution in [1.29, 1.82) is 0 Å². The highest BCUT2D eigenvalue weighted by molar-refractivity contribution is 6.07. The summed E-state index contributed by atoms with van der Waals surface area (Å²) in [5.74, 6) is 1.16. The van der Waals surface area contributed by atoms with Gasteiger partial charge in [-0.05, 0) is 66.1 Å². The molecule has 5 heteroatoms. The van der Waals surface area contributed by atoms with Crippen molar-refractivity contribution in [3.05, 3.63) is 102 Å². The molecule has 0 heterocycles. The molecule has 0 unspecified atom stereocenters. The average molecular weight is 499 g/mol. The Labute approximate surface area is 219 Å². The van der Waals surface area contributed by atoms with E-state index >= 15 is 0 Å². The Hall–Kier alpha value is -4.12. The first-order chi connectivity index (χ1) is 18.1. The number of rotatable bonds is 14. The van der Waals surface area contributed by atoms with Gasteiger partial charge in [-0.15, -0.1) is 0 Å². The van der Waals surface area contributed by atoms with Gasteiger partial charge in [0.25, 0.3) is 0 Å². The van der Waals surface area contributed by atoms with E-state index in [0.29, 0.717) is 11.3 Å². The minimum atomic E-state index is -0.528. The molecule has 0 atom stereocenters. The molecule has 3 aromatic carbocycles. The summed E-state index contributed by atoms with van der Waals surface area (Å²) >= 11 is 0. The van der Waals surface area contributed by atoms with Crippen molar-refractivity contribution < 1.29 is 23.8 Å². The van der Waals surface area contributed by atoms with E-state index in [2.05, 4.69) is 6.92 Å². The van der Waals surface area contributed by atoms with Gasteiger partial charge in [-0.25, -0.2) is 4.79 Å². The third-order valence-electron chi connectivity index (χ3n) is 5.69. The molecule has 0 saturated carbocycles. The van der Waals surface area contributed by atoms with Crippen LogP contribution in [0.15, 0.2) is 84.9 Å². The molecule has 0 saturated heterocycles. The van der Waals surface area contributed by atoms with Crippen molar-refractivity contribution >= 4 is 23.9 Å². The molecular weight excluding hydrogens is 464 g/mol. The first-order valence-corrected chi connectivity index (χ1v) is 12.7. The minimum Gasteiger partial charge on any atom is -0.497 e. The highest BCUT2D eigenvalue weighted by Crippen LogP contribution is 2.18. The van der Waals surface area contributed by atoms with Crippen molar-refractivity contribution in [1.82, 2.24) is 0 Å². The fourth-order valence-electron chi connectivity index (χ4n) is 3.58. The third-order valence-corrected chi connectivity index (χ3v) is 5.69. The summed E-state index contributed by atoms with van der Waals surface area (Å²) in [4.78, 5) is 24.9. The predicted octanol–water partition coefficient (Wildman–Crippen LogP) is 7.56. The van der Waals surface area contributed by atoms with Gasteiger partial charge in [-0.2, -0.15) is 0 Å². The number of hydrogen-bond donors (Lipinski definition) is 0.